The summed E-state index contributed by atoms with van der Waals surface area (Å²) < 4.78 is 5.29. The molecule has 0 aromatic rings. The van der Waals surface area contributed by atoms with E-state index in [2.05, 4.69) is 5.32 Å². The van der Waals surface area contributed by atoms with E-state index in [4.69, 9.17) is 9.84 Å². The largest absolute Gasteiger partial charge is 0.480 e. The van der Waals surface area contributed by atoms with Crippen molar-refractivity contribution >= 4 is 11.9 Å². The van der Waals surface area contributed by atoms with Gasteiger partial charge in [-0.25, -0.2) is 4.79 Å². The molecule has 0 spiro atoms. The van der Waals surface area contributed by atoms with E-state index in [-0.39, 0.29) is 5.91 Å². The third kappa shape index (κ3) is 3.81. The first-order valence-corrected chi connectivity index (χ1v) is 5.80. The van der Waals surface area contributed by atoms with E-state index < -0.39 is 18.1 Å². The monoisotopic (exact) mass is 229 g/mol. The van der Waals surface area contributed by atoms with Gasteiger partial charge in [0.25, 0.3) is 0 Å². The van der Waals surface area contributed by atoms with Crippen LogP contribution in [0.4, 0.5) is 0 Å². The van der Waals surface area contributed by atoms with Gasteiger partial charge in [-0.1, -0.05) is 13.3 Å². The fraction of sp³-hybridized carbons (Fsp3) is 0.818. The predicted octanol–water partition coefficient (Wildman–Crippen LogP) is 0.925. The highest BCUT2D eigenvalue weighted by atomic mass is 16.5. The summed E-state index contributed by atoms with van der Waals surface area (Å²) in [6.07, 6.45) is 3.33. The fourth-order valence-electron chi connectivity index (χ4n) is 1.76. The summed E-state index contributed by atoms with van der Waals surface area (Å²) >= 11 is 0. The summed E-state index contributed by atoms with van der Waals surface area (Å²) in [6.45, 7) is 2.48. The lowest BCUT2D eigenvalue weighted by Gasteiger charge is -2.23. The summed E-state index contributed by atoms with van der Waals surface area (Å²) in [7, 11) is 0. The van der Waals surface area contributed by atoms with Crippen LogP contribution in [0.25, 0.3) is 0 Å². The third-order valence-electron chi connectivity index (χ3n) is 2.66. The first kappa shape index (κ1) is 13.0. The molecular weight excluding hydrogens is 210 g/mol. The summed E-state index contributed by atoms with van der Waals surface area (Å²) in [4.78, 5) is 22.5. The minimum absolute atomic E-state index is 0.291. The first-order valence-electron chi connectivity index (χ1n) is 5.80. The van der Waals surface area contributed by atoms with Crippen molar-refractivity contribution in [2.75, 3.05) is 6.61 Å². The van der Waals surface area contributed by atoms with Crippen molar-refractivity contribution in [3.63, 3.8) is 0 Å². The Morgan fingerprint density at radius 3 is 2.75 bits per heavy atom. The smallest absolute Gasteiger partial charge is 0.326 e. The average molecular weight is 229 g/mol. The van der Waals surface area contributed by atoms with Gasteiger partial charge in [0, 0.05) is 6.61 Å². The Labute approximate surface area is 95.2 Å². The molecule has 92 valence electrons. The van der Waals surface area contributed by atoms with E-state index in [0.717, 1.165) is 19.3 Å². The number of nitrogens with one attached hydrogen (secondary N) is 1. The molecule has 1 unspecified atom stereocenters. The number of amides is 1. The second-order valence-corrected chi connectivity index (χ2v) is 4.04. The number of hydrogen-bond donors (Lipinski definition) is 2. The maximum absolute atomic E-state index is 11.7. The molecule has 1 aliphatic rings. The van der Waals surface area contributed by atoms with E-state index in [1.807, 2.05) is 6.92 Å². The number of carboxylic acids is 1. The second-order valence-electron chi connectivity index (χ2n) is 4.04. The van der Waals surface area contributed by atoms with Crippen molar-refractivity contribution in [3.05, 3.63) is 0 Å². The standard InChI is InChI=1S/C11H19NO4/c1-2-5-8(11(14)15)12-10(13)9-6-3-4-7-16-9/h8-9H,2-7H2,1H3,(H,12,13)(H,14,15)/t8-,9?/m1/s1. The zero-order valence-corrected chi connectivity index (χ0v) is 9.57. The zero-order chi connectivity index (χ0) is 12.0. The van der Waals surface area contributed by atoms with Crippen LogP contribution in [-0.2, 0) is 14.3 Å². The molecule has 2 N–H and O–H groups in total. The topological polar surface area (TPSA) is 75.6 Å². The number of carbonyl (C=O) groups is 2. The van der Waals surface area contributed by atoms with Crippen molar-refractivity contribution in [1.82, 2.24) is 5.32 Å². The van der Waals surface area contributed by atoms with E-state index in [0.29, 0.717) is 19.4 Å². The molecule has 0 radical (unpaired) electrons. The van der Waals surface area contributed by atoms with Crippen LogP contribution in [0.3, 0.4) is 0 Å². The number of hydrogen-bond acceptors (Lipinski definition) is 3. The summed E-state index contributed by atoms with van der Waals surface area (Å²) in [5, 5.41) is 11.4. The molecule has 2 atom stereocenters. The SMILES string of the molecule is CCC[C@@H](NC(=O)C1CCCCO1)C(=O)O. The zero-order valence-electron chi connectivity index (χ0n) is 9.57. The second kappa shape index (κ2) is 6.48. The summed E-state index contributed by atoms with van der Waals surface area (Å²) in [5.74, 6) is -1.27. The van der Waals surface area contributed by atoms with Crippen molar-refractivity contribution < 1.29 is 19.4 Å². The van der Waals surface area contributed by atoms with Gasteiger partial charge in [0.1, 0.15) is 12.1 Å². The van der Waals surface area contributed by atoms with Gasteiger partial charge in [-0.2, -0.15) is 0 Å². The molecule has 5 heteroatoms. The van der Waals surface area contributed by atoms with Crippen LogP contribution in [0.2, 0.25) is 0 Å². The molecule has 1 heterocycles. The quantitative estimate of drug-likeness (QED) is 0.735. The minimum Gasteiger partial charge on any atom is -0.480 e. The molecule has 0 aromatic heterocycles. The predicted molar refractivity (Wildman–Crippen MR) is 58.1 cm³/mol. The minimum atomic E-state index is -0.981. The molecule has 0 saturated carbocycles. The Bertz CT molecular complexity index is 248. The van der Waals surface area contributed by atoms with Gasteiger partial charge in [0.2, 0.25) is 5.91 Å². The Hall–Kier alpha value is -1.10. The Morgan fingerprint density at radius 1 is 1.50 bits per heavy atom. The Kier molecular flexibility index (Phi) is 5.25. The molecule has 1 amide bonds. The Morgan fingerprint density at radius 2 is 2.25 bits per heavy atom. The van der Waals surface area contributed by atoms with Crippen molar-refractivity contribution in [3.8, 4) is 0 Å². The molecule has 1 saturated heterocycles. The number of aliphatic carboxylic acids is 1. The van der Waals surface area contributed by atoms with E-state index in [1.54, 1.807) is 0 Å². The average Bonchev–Trinajstić information content (AvgIpc) is 2.29. The maximum Gasteiger partial charge on any atom is 0.326 e. The number of carbonyl (C=O) groups excluding carboxylic acids is 1. The van der Waals surface area contributed by atoms with Gasteiger partial charge in [-0.3, -0.25) is 4.79 Å². The normalized spacial score (nSPS) is 22.4. The summed E-state index contributed by atoms with van der Waals surface area (Å²) in [6, 6.07) is -0.789. The van der Waals surface area contributed by atoms with Gasteiger partial charge in [0.05, 0.1) is 0 Å². The molecule has 0 aliphatic carbocycles. The van der Waals surface area contributed by atoms with Crippen LogP contribution in [0.1, 0.15) is 39.0 Å². The van der Waals surface area contributed by atoms with Gasteiger partial charge in [-0.15, -0.1) is 0 Å². The van der Waals surface area contributed by atoms with Gasteiger partial charge in [0.15, 0.2) is 0 Å². The maximum atomic E-state index is 11.7. The van der Waals surface area contributed by atoms with Crippen LogP contribution in [0.5, 0.6) is 0 Å². The highest BCUT2D eigenvalue weighted by Gasteiger charge is 2.26. The molecule has 1 aliphatic heterocycles. The van der Waals surface area contributed by atoms with Crippen LogP contribution < -0.4 is 5.32 Å². The lowest BCUT2D eigenvalue weighted by Crippen LogP contribution is -2.46. The number of carboxylic acid groups (broad SMARTS) is 1. The molecule has 0 aromatic carbocycles. The van der Waals surface area contributed by atoms with E-state index in [9.17, 15) is 9.59 Å². The summed E-state index contributed by atoms with van der Waals surface area (Å²) in [5.41, 5.74) is 0. The van der Waals surface area contributed by atoms with Crippen molar-refractivity contribution in [1.29, 1.82) is 0 Å². The van der Waals surface area contributed by atoms with Crippen LogP contribution in [0.15, 0.2) is 0 Å². The molecule has 5 nitrogen and oxygen atoms in total. The lowest BCUT2D eigenvalue weighted by molar-refractivity contribution is -0.145. The lowest BCUT2D eigenvalue weighted by atomic mass is 10.1. The van der Waals surface area contributed by atoms with E-state index in [1.165, 1.54) is 0 Å². The molecule has 1 fully saturated rings. The van der Waals surface area contributed by atoms with Crippen LogP contribution in [0, 0.1) is 0 Å². The highest BCUT2D eigenvalue weighted by molar-refractivity contribution is 5.86. The van der Waals surface area contributed by atoms with Crippen LogP contribution >= 0.6 is 0 Å². The van der Waals surface area contributed by atoms with E-state index >= 15 is 0 Å². The highest BCUT2D eigenvalue weighted by Crippen LogP contribution is 2.13. The van der Waals surface area contributed by atoms with Crippen molar-refractivity contribution in [2.45, 2.75) is 51.2 Å². The Balaban J connectivity index is 2.43. The molecule has 0 bridgehead atoms. The molecule has 16 heavy (non-hydrogen) atoms. The fourth-order valence-corrected chi connectivity index (χ4v) is 1.76. The number of ether oxygens (including phenoxy) is 1. The number of rotatable bonds is 5. The van der Waals surface area contributed by atoms with Crippen LogP contribution in [-0.4, -0.2) is 35.7 Å². The first-order chi connectivity index (χ1) is 7.65. The van der Waals surface area contributed by atoms with Gasteiger partial charge < -0.3 is 15.2 Å². The van der Waals surface area contributed by atoms with Gasteiger partial charge in [-0.05, 0) is 25.7 Å². The van der Waals surface area contributed by atoms with Crippen molar-refractivity contribution in [2.24, 2.45) is 0 Å². The molecule has 1 rings (SSSR count). The van der Waals surface area contributed by atoms with Gasteiger partial charge >= 0.3 is 5.97 Å². The molecular formula is C11H19NO4. The third-order valence-corrected chi connectivity index (χ3v) is 2.66.